The van der Waals surface area contributed by atoms with Gasteiger partial charge in [-0.05, 0) is 55.6 Å². The summed E-state index contributed by atoms with van der Waals surface area (Å²) in [6.07, 6.45) is 3.94. The van der Waals surface area contributed by atoms with E-state index in [1.807, 2.05) is 0 Å². The van der Waals surface area contributed by atoms with Crippen LogP contribution in [0.25, 0.3) is 11.1 Å². The van der Waals surface area contributed by atoms with E-state index in [4.69, 9.17) is 4.98 Å². The first kappa shape index (κ1) is 23.3. The summed E-state index contributed by atoms with van der Waals surface area (Å²) in [4.78, 5) is 23.2. The van der Waals surface area contributed by atoms with Crippen molar-refractivity contribution in [3.8, 4) is 22.9 Å². The average molecular weight is 476 g/mol. The largest absolute Gasteiger partial charge is 0.508 e. The minimum Gasteiger partial charge on any atom is -0.508 e. The maximum Gasteiger partial charge on any atom is 0.245 e. The molecule has 0 saturated carbocycles. The zero-order chi connectivity index (χ0) is 24.7. The number of likely N-dealkylation sites (tertiary alicyclic amines) is 1. The molecule has 0 radical (unpaired) electrons. The lowest BCUT2D eigenvalue weighted by Gasteiger charge is -2.47. The number of carbonyl (C=O) groups is 1. The van der Waals surface area contributed by atoms with E-state index in [-0.39, 0.29) is 22.6 Å². The summed E-state index contributed by atoms with van der Waals surface area (Å²) in [5.74, 6) is 0.0107. The molecule has 0 unspecified atom stereocenters. The molecule has 182 valence electrons. The number of hydrogen-bond donors (Lipinski definition) is 1. The Kier molecular flexibility index (Phi) is 5.97. The lowest BCUT2D eigenvalue weighted by molar-refractivity contribution is -0.136. The van der Waals surface area contributed by atoms with Gasteiger partial charge in [0.1, 0.15) is 29.0 Å². The predicted molar refractivity (Wildman–Crippen MR) is 131 cm³/mol. The van der Waals surface area contributed by atoms with E-state index >= 15 is 4.39 Å². The maximum atomic E-state index is 15.1. The first-order valence-electron chi connectivity index (χ1n) is 12.2. The molecule has 0 atom stereocenters. The van der Waals surface area contributed by atoms with Gasteiger partial charge >= 0.3 is 0 Å². The van der Waals surface area contributed by atoms with E-state index in [1.54, 1.807) is 4.90 Å². The number of pyridine rings is 1. The van der Waals surface area contributed by atoms with Gasteiger partial charge in [-0.25, -0.2) is 9.37 Å². The van der Waals surface area contributed by atoms with Crippen molar-refractivity contribution in [1.29, 1.82) is 5.26 Å². The van der Waals surface area contributed by atoms with E-state index in [2.05, 4.69) is 29.4 Å². The van der Waals surface area contributed by atoms with Gasteiger partial charge in [0.05, 0.1) is 5.69 Å². The topological polar surface area (TPSA) is 83.7 Å². The molecule has 3 aliphatic rings. The van der Waals surface area contributed by atoms with Crippen LogP contribution in [0.1, 0.15) is 36.6 Å². The third-order valence-electron chi connectivity index (χ3n) is 7.56. The van der Waals surface area contributed by atoms with Crippen LogP contribution < -0.4 is 4.90 Å². The molecule has 1 N–H and O–H groups in total. The minimum atomic E-state index is -0.467. The summed E-state index contributed by atoms with van der Waals surface area (Å²) in [7, 11) is 0. The van der Waals surface area contributed by atoms with Gasteiger partial charge in [0.25, 0.3) is 0 Å². The van der Waals surface area contributed by atoms with Crippen molar-refractivity contribution < 1.29 is 14.3 Å². The number of phenolic OH excluding ortho intramolecular Hbond substituents is 1. The number of aromatic hydroxyl groups is 1. The molecule has 1 amide bonds. The molecular formula is C27H30FN5O2. The number of rotatable bonds is 5. The number of halogens is 1. The summed E-state index contributed by atoms with van der Waals surface area (Å²) >= 11 is 0. The fourth-order valence-electron chi connectivity index (χ4n) is 5.89. The Bertz CT molecular complexity index is 1230. The van der Waals surface area contributed by atoms with E-state index in [0.29, 0.717) is 49.5 Å². The molecule has 2 saturated heterocycles. The Morgan fingerprint density at radius 2 is 2.14 bits per heavy atom. The van der Waals surface area contributed by atoms with Gasteiger partial charge in [0, 0.05) is 55.8 Å². The van der Waals surface area contributed by atoms with Crippen LogP contribution in [0.2, 0.25) is 0 Å². The molecule has 1 spiro atoms. The van der Waals surface area contributed by atoms with Crippen molar-refractivity contribution in [3.05, 3.63) is 53.5 Å². The summed E-state index contributed by atoms with van der Waals surface area (Å²) in [6, 6.07) is 6.30. The first-order chi connectivity index (χ1) is 16.9. The highest BCUT2D eigenvalue weighted by Crippen LogP contribution is 2.44. The molecule has 4 heterocycles. The second-order valence-electron chi connectivity index (χ2n) is 9.98. The van der Waals surface area contributed by atoms with Gasteiger partial charge in [-0.1, -0.05) is 13.5 Å². The van der Waals surface area contributed by atoms with Crippen LogP contribution in [0.5, 0.6) is 5.75 Å². The van der Waals surface area contributed by atoms with Gasteiger partial charge in [0.15, 0.2) is 0 Å². The van der Waals surface area contributed by atoms with Crippen molar-refractivity contribution in [1.82, 2.24) is 14.8 Å². The molecule has 3 aliphatic heterocycles. The van der Waals surface area contributed by atoms with Crippen LogP contribution in [-0.2, 0) is 17.8 Å². The fraction of sp³-hybridized carbons (Fsp3) is 0.444. The molecule has 0 bridgehead atoms. The molecule has 1 aromatic heterocycles. The third kappa shape index (κ3) is 4.04. The number of hydrogen-bond acceptors (Lipinski definition) is 6. The molecule has 0 aliphatic carbocycles. The van der Waals surface area contributed by atoms with Crippen LogP contribution in [0, 0.1) is 22.6 Å². The minimum absolute atomic E-state index is 0.0202. The van der Waals surface area contributed by atoms with Crippen LogP contribution in [0.3, 0.4) is 0 Å². The Balaban J connectivity index is 1.58. The summed E-state index contributed by atoms with van der Waals surface area (Å²) < 4.78 is 15.1. The van der Waals surface area contributed by atoms with Gasteiger partial charge in [-0.2, -0.15) is 5.26 Å². The van der Waals surface area contributed by atoms with Crippen LogP contribution in [0.15, 0.2) is 30.9 Å². The standard InChI is InChI=1S/C27H30FN5O2/c1-3-9-31-10-7-19-23(14-31)30-26(21(13-29)25(19)20-12-18(34)5-6-22(20)28)32-11-8-27(15-32)16-33(17-27)24(35)4-2/h4-6,12,34H,2-3,7-11,14-17H2,1H3. The highest BCUT2D eigenvalue weighted by molar-refractivity contribution is 5.88. The molecule has 1 aromatic carbocycles. The number of aromatic nitrogens is 1. The number of fused-ring (bicyclic) bond motifs is 1. The Hall–Kier alpha value is -3.44. The number of amides is 1. The van der Waals surface area contributed by atoms with Crippen LogP contribution >= 0.6 is 0 Å². The summed E-state index contributed by atoms with van der Waals surface area (Å²) in [5.41, 5.74) is 2.89. The SMILES string of the molecule is C=CC(=O)N1CC2(CCN(c3nc4c(c(-c5cc(O)ccc5F)c3C#N)CCN(CCC)C4)C2)C1. The zero-order valence-corrected chi connectivity index (χ0v) is 20.1. The van der Waals surface area contributed by atoms with E-state index in [1.165, 1.54) is 24.3 Å². The first-order valence-corrected chi connectivity index (χ1v) is 12.2. The van der Waals surface area contributed by atoms with Gasteiger partial charge in [-0.3, -0.25) is 9.69 Å². The molecule has 2 fully saturated rings. The Morgan fingerprint density at radius 1 is 1.34 bits per heavy atom. The lowest BCUT2D eigenvalue weighted by atomic mass is 9.79. The monoisotopic (exact) mass is 475 g/mol. The molecule has 7 nitrogen and oxygen atoms in total. The molecular weight excluding hydrogens is 445 g/mol. The molecule has 5 rings (SSSR count). The normalized spacial score (nSPS) is 18.8. The van der Waals surface area contributed by atoms with E-state index in [0.717, 1.165) is 43.7 Å². The van der Waals surface area contributed by atoms with Crippen molar-refractivity contribution in [2.45, 2.75) is 32.7 Å². The third-order valence-corrected chi connectivity index (χ3v) is 7.56. The molecule has 35 heavy (non-hydrogen) atoms. The van der Waals surface area contributed by atoms with E-state index in [9.17, 15) is 15.2 Å². The number of phenols is 1. The smallest absolute Gasteiger partial charge is 0.245 e. The summed E-state index contributed by atoms with van der Waals surface area (Å²) in [6.45, 7) is 10.9. The number of benzene rings is 1. The fourth-order valence-corrected chi connectivity index (χ4v) is 5.89. The zero-order valence-electron chi connectivity index (χ0n) is 20.1. The predicted octanol–water partition coefficient (Wildman–Crippen LogP) is 3.46. The quantitative estimate of drug-likeness (QED) is 0.667. The van der Waals surface area contributed by atoms with Crippen molar-refractivity contribution in [2.75, 3.05) is 44.2 Å². The number of nitriles is 1. The number of nitrogens with zero attached hydrogens (tertiary/aromatic N) is 5. The average Bonchev–Trinajstić information content (AvgIpc) is 3.29. The highest BCUT2D eigenvalue weighted by Gasteiger charge is 2.49. The number of anilines is 1. The number of carbonyl (C=O) groups excluding carboxylic acids is 1. The van der Waals surface area contributed by atoms with Crippen molar-refractivity contribution >= 4 is 11.7 Å². The van der Waals surface area contributed by atoms with E-state index < -0.39 is 5.82 Å². The molecule has 2 aromatic rings. The lowest BCUT2D eigenvalue weighted by Crippen LogP contribution is -2.59. The summed E-state index contributed by atoms with van der Waals surface area (Å²) in [5, 5.41) is 20.4. The van der Waals surface area contributed by atoms with Crippen LogP contribution in [-0.4, -0.2) is 65.1 Å². The maximum absolute atomic E-state index is 15.1. The van der Waals surface area contributed by atoms with Crippen molar-refractivity contribution in [2.24, 2.45) is 5.41 Å². The second-order valence-corrected chi connectivity index (χ2v) is 9.98. The van der Waals surface area contributed by atoms with Crippen molar-refractivity contribution in [3.63, 3.8) is 0 Å². The van der Waals surface area contributed by atoms with Gasteiger partial charge < -0.3 is 14.9 Å². The Morgan fingerprint density at radius 3 is 2.86 bits per heavy atom. The second kappa shape index (κ2) is 8.97. The van der Waals surface area contributed by atoms with Crippen LogP contribution in [0.4, 0.5) is 10.2 Å². The Labute approximate surface area is 205 Å². The van der Waals surface area contributed by atoms with Gasteiger partial charge in [0.2, 0.25) is 5.91 Å². The molecule has 8 heteroatoms. The van der Waals surface area contributed by atoms with Gasteiger partial charge in [-0.15, -0.1) is 0 Å². The highest BCUT2D eigenvalue weighted by atomic mass is 19.1.